The van der Waals surface area contributed by atoms with Crippen LogP contribution in [0.4, 0.5) is 10.6 Å². The van der Waals surface area contributed by atoms with E-state index < -0.39 is 0 Å². The van der Waals surface area contributed by atoms with Crippen molar-refractivity contribution in [1.82, 2.24) is 19.8 Å². The van der Waals surface area contributed by atoms with Gasteiger partial charge in [0.2, 0.25) is 0 Å². The molecule has 2 fully saturated rings. The average molecular weight is 490 g/mol. The van der Waals surface area contributed by atoms with Crippen molar-refractivity contribution in [3.05, 3.63) is 52.2 Å². The van der Waals surface area contributed by atoms with E-state index in [1.54, 1.807) is 0 Å². The Morgan fingerprint density at radius 3 is 2.43 bits per heavy atom. The number of benzene rings is 1. The van der Waals surface area contributed by atoms with Gasteiger partial charge in [-0.2, -0.15) is 0 Å². The maximum atomic E-state index is 13.0. The molecule has 35 heavy (non-hydrogen) atoms. The second-order valence-electron chi connectivity index (χ2n) is 9.40. The van der Waals surface area contributed by atoms with Gasteiger partial charge in [0.25, 0.3) is 0 Å². The number of carbonyl (C=O) groups is 1. The van der Waals surface area contributed by atoms with Crippen molar-refractivity contribution in [3.8, 4) is 0 Å². The molecule has 0 N–H and O–H groups in total. The van der Waals surface area contributed by atoms with Crippen molar-refractivity contribution in [2.45, 2.75) is 25.7 Å². The fraction of sp³-hybridized carbons (Fsp3) is 0.444. The van der Waals surface area contributed by atoms with Crippen LogP contribution in [-0.4, -0.2) is 78.3 Å². The Labute approximate surface area is 210 Å². The zero-order valence-corrected chi connectivity index (χ0v) is 20.8. The molecule has 2 aliphatic heterocycles. The second kappa shape index (κ2) is 9.95. The van der Waals surface area contributed by atoms with Gasteiger partial charge in [-0.1, -0.05) is 36.4 Å². The summed E-state index contributed by atoms with van der Waals surface area (Å²) in [5.41, 5.74) is 2.59. The van der Waals surface area contributed by atoms with Crippen LogP contribution in [-0.2, 0) is 17.6 Å². The molecule has 0 unspecified atom stereocenters. The normalized spacial score (nSPS) is 18.9. The largest absolute Gasteiger partial charge is 0.378 e. The molecule has 2 amide bonds. The fourth-order valence-electron chi connectivity index (χ4n) is 5.26. The minimum Gasteiger partial charge on any atom is -0.378 e. The standard InChI is InChI=1S/C27H31N5O2S/c33-27(32-16-18-34-19-17-32)31-14-12-30(13-15-31)25-24-21-8-4-5-9-22(21)35-26(24)29-23(28-25)11-10-20-6-2-1-3-7-20/h1-3,6-7,10-11H,4-5,8-9,12-19H2. The van der Waals surface area contributed by atoms with Gasteiger partial charge in [0.1, 0.15) is 10.6 Å². The monoisotopic (exact) mass is 489 g/mol. The lowest BCUT2D eigenvalue weighted by molar-refractivity contribution is 0.0428. The number of anilines is 1. The summed E-state index contributed by atoms with van der Waals surface area (Å²) < 4.78 is 5.41. The summed E-state index contributed by atoms with van der Waals surface area (Å²) in [5.74, 6) is 1.79. The van der Waals surface area contributed by atoms with E-state index in [0.29, 0.717) is 39.4 Å². The first-order valence-electron chi connectivity index (χ1n) is 12.7. The molecule has 1 aromatic carbocycles. The third-order valence-corrected chi connectivity index (χ3v) is 8.35. The van der Waals surface area contributed by atoms with E-state index in [2.05, 4.69) is 23.1 Å². The predicted octanol–water partition coefficient (Wildman–Crippen LogP) is 4.31. The van der Waals surface area contributed by atoms with Crippen LogP contribution in [0.3, 0.4) is 0 Å². The maximum absolute atomic E-state index is 13.0. The molecular weight excluding hydrogens is 458 g/mol. The van der Waals surface area contributed by atoms with Crippen molar-refractivity contribution in [2.75, 3.05) is 57.4 Å². The first-order chi connectivity index (χ1) is 17.3. The number of amides is 2. The van der Waals surface area contributed by atoms with Crippen LogP contribution in [0.2, 0.25) is 0 Å². The predicted molar refractivity (Wildman–Crippen MR) is 141 cm³/mol. The highest BCUT2D eigenvalue weighted by molar-refractivity contribution is 7.19. The molecular formula is C27H31N5O2S. The highest BCUT2D eigenvalue weighted by atomic mass is 32.1. The summed E-state index contributed by atoms with van der Waals surface area (Å²) in [4.78, 5) is 31.9. The number of nitrogens with zero attached hydrogens (tertiary/aromatic N) is 5. The SMILES string of the molecule is O=C(N1CCOCC1)N1CCN(c2nc(C=Cc3ccccc3)nc3sc4c(c23)CCCC4)CC1. The average Bonchev–Trinajstić information content (AvgIpc) is 3.31. The summed E-state index contributed by atoms with van der Waals surface area (Å²) in [6.45, 7) is 5.63. The van der Waals surface area contributed by atoms with Gasteiger partial charge in [-0.15, -0.1) is 11.3 Å². The minimum atomic E-state index is 0.139. The number of thiophene rings is 1. The van der Waals surface area contributed by atoms with Gasteiger partial charge < -0.3 is 19.4 Å². The Bertz CT molecular complexity index is 1230. The fourth-order valence-corrected chi connectivity index (χ4v) is 6.52. The first-order valence-corrected chi connectivity index (χ1v) is 13.5. The number of morpholine rings is 1. The molecule has 3 aliphatic rings. The number of carbonyl (C=O) groups excluding carboxylic acids is 1. The van der Waals surface area contributed by atoms with E-state index in [4.69, 9.17) is 14.7 Å². The van der Waals surface area contributed by atoms with Gasteiger partial charge in [-0.05, 0) is 42.9 Å². The van der Waals surface area contributed by atoms with E-state index in [1.807, 2.05) is 45.4 Å². The van der Waals surface area contributed by atoms with Crippen LogP contribution in [0.1, 0.15) is 34.7 Å². The number of aryl methyl sites for hydroxylation is 2. The van der Waals surface area contributed by atoms with Gasteiger partial charge >= 0.3 is 6.03 Å². The van der Waals surface area contributed by atoms with Crippen LogP contribution >= 0.6 is 11.3 Å². The topological polar surface area (TPSA) is 61.8 Å². The highest BCUT2D eigenvalue weighted by Gasteiger charge is 2.29. The summed E-state index contributed by atoms with van der Waals surface area (Å²) in [6, 6.07) is 10.4. The highest BCUT2D eigenvalue weighted by Crippen LogP contribution is 2.40. The summed E-state index contributed by atoms with van der Waals surface area (Å²) in [7, 11) is 0. The quantitative estimate of drug-likeness (QED) is 0.549. The van der Waals surface area contributed by atoms with Crippen molar-refractivity contribution in [1.29, 1.82) is 0 Å². The molecule has 6 rings (SSSR count). The molecule has 0 atom stereocenters. The molecule has 3 aromatic rings. The number of urea groups is 1. The zero-order valence-electron chi connectivity index (χ0n) is 20.0. The van der Waals surface area contributed by atoms with Crippen LogP contribution in [0.15, 0.2) is 30.3 Å². The molecule has 182 valence electrons. The van der Waals surface area contributed by atoms with E-state index in [0.717, 1.165) is 48.0 Å². The molecule has 4 heterocycles. The Morgan fingerprint density at radius 2 is 1.63 bits per heavy atom. The lowest BCUT2D eigenvalue weighted by Crippen LogP contribution is -2.55. The second-order valence-corrected chi connectivity index (χ2v) is 10.5. The number of aromatic nitrogens is 2. The Kier molecular flexibility index (Phi) is 6.39. The number of fused-ring (bicyclic) bond motifs is 3. The van der Waals surface area contributed by atoms with Crippen molar-refractivity contribution in [2.24, 2.45) is 0 Å². The van der Waals surface area contributed by atoms with Crippen LogP contribution < -0.4 is 4.90 Å². The van der Waals surface area contributed by atoms with Crippen LogP contribution in [0.25, 0.3) is 22.4 Å². The molecule has 1 aliphatic carbocycles. The van der Waals surface area contributed by atoms with E-state index in [9.17, 15) is 4.79 Å². The summed E-state index contributed by atoms with van der Waals surface area (Å²) in [5, 5.41) is 1.24. The number of piperazine rings is 1. The first kappa shape index (κ1) is 22.5. The Balaban J connectivity index is 1.28. The molecule has 0 spiro atoms. The van der Waals surface area contributed by atoms with E-state index in [1.165, 1.54) is 28.7 Å². The van der Waals surface area contributed by atoms with Crippen molar-refractivity contribution < 1.29 is 9.53 Å². The van der Waals surface area contributed by atoms with Gasteiger partial charge in [-0.3, -0.25) is 0 Å². The van der Waals surface area contributed by atoms with Gasteiger partial charge in [0.05, 0.1) is 18.6 Å². The molecule has 0 saturated carbocycles. The third-order valence-electron chi connectivity index (χ3n) is 7.17. The zero-order chi connectivity index (χ0) is 23.6. The van der Waals surface area contributed by atoms with Gasteiger partial charge in [0, 0.05) is 44.1 Å². The van der Waals surface area contributed by atoms with Crippen molar-refractivity contribution >= 4 is 45.6 Å². The molecule has 8 heteroatoms. The smallest absolute Gasteiger partial charge is 0.320 e. The Hall–Kier alpha value is -2.97. The van der Waals surface area contributed by atoms with Crippen LogP contribution in [0.5, 0.6) is 0 Å². The van der Waals surface area contributed by atoms with Gasteiger partial charge in [-0.25, -0.2) is 14.8 Å². The van der Waals surface area contributed by atoms with Crippen molar-refractivity contribution in [3.63, 3.8) is 0 Å². The number of hydrogen-bond donors (Lipinski definition) is 0. The Morgan fingerprint density at radius 1 is 0.886 bits per heavy atom. The lowest BCUT2D eigenvalue weighted by Gasteiger charge is -2.39. The lowest BCUT2D eigenvalue weighted by atomic mass is 9.97. The van der Waals surface area contributed by atoms with E-state index >= 15 is 0 Å². The summed E-state index contributed by atoms with van der Waals surface area (Å²) in [6.07, 6.45) is 8.85. The number of hydrogen-bond acceptors (Lipinski definition) is 6. The molecule has 0 bridgehead atoms. The summed E-state index contributed by atoms with van der Waals surface area (Å²) >= 11 is 1.84. The number of rotatable bonds is 3. The minimum absolute atomic E-state index is 0.139. The molecule has 0 radical (unpaired) electrons. The van der Waals surface area contributed by atoms with Crippen LogP contribution in [0, 0.1) is 0 Å². The number of ether oxygens (including phenoxy) is 1. The molecule has 2 aromatic heterocycles. The third kappa shape index (κ3) is 4.65. The molecule has 7 nitrogen and oxygen atoms in total. The molecule has 2 saturated heterocycles. The van der Waals surface area contributed by atoms with E-state index in [-0.39, 0.29) is 6.03 Å². The van der Waals surface area contributed by atoms with Gasteiger partial charge in [0.15, 0.2) is 5.82 Å². The maximum Gasteiger partial charge on any atom is 0.320 e.